The second kappa shape index (κ2) is 7.47. The van der Waals surface area contributed by atoms with Crippen LogP contribution in [-0.4, -0.2) is 24.2 Å². The fraction of sp³-hybridized carbons (Fsp3) is 0.333. The second-order valence-electron chi connectivity index (χ2n) is 4.55. The van der Waals surface area contributed by atoms with E-state index in [9.17, 15) is 4.79 Å². The Bertz CT molecular complexity index is 737. The molecule has 0 fully saturated rings. The summed E-state index contributed by atoms with van der Waals surface area (Å²) in [7, 11) is 3.34. The molecule has 1 amide bonds. The summed E-state index contributed by atoms with van der Waals surface area (Å²) in [5, 5.41) is 2.20. The van der Waals surface area contributed by atoms with Crippen LogP contribution in [-0.2, 0) is 7.05 Å². The molecule has 2 aromatic rings. The number of ether oxygens (including phenoxy) is 2. The van der Waals surface area contributed by atoms with Crippen molar-refractivity contribution in [3.8, 4) is 11.5 Å². The van der Waals surface area contributed by atoms with Gasteiger partial charge in [-0.2, -0.15) is 4.99 Å². The van der Waals surface area contributed by atoms with Crippen molar-refractivity contribution < 1.29 is 14.3 Å². The molecular weight excluding hydrogens is 324 g/mol. The largest absolute Gasteiger partial charge is 0.493 e. The summed E-state index contributed by atoms with van der Waals surface area (Å²) < 4.78 is 12.6. The first-order valence-corrected chi connectivity index (χ1v) is 8.02. The highest BCUT2D eigenvalue weighted by atomic mass is 35.5. The zero-order chi connectivity index (χ0) is 16.1. The van der Waals surface area contributed by atoms with Crippen LogP contribution in [0.25, 0.3) is 0 Å². The Labute approximate surface area is 137 Å². The highest BCUT2D eigenvalue weighted by molar-refractivity contribution is 7.07. The van der Waals surface area contributed by atoms with Gasteiger partial charge in [-0.3, -0.25) is 4.79 Å². The molecule has 0 aliphatic carbocycles. The van der Waals surface area contributed by atoms with Crippen molar-refractivity contribution in [1.82, 2.24) is 4.57 Å². The molecule has 0 saturated carbocycles. The lowest BCUT2D eigenvalue weighted by Crippen LogP contribution is -2.12. The number of carbonyl (C=O) groups excluding carboxylic acids is 1. The van der Waals surface area contributed by atoms with Gasteiger partial charge in [-0.1, -0.05) is 18.5 Å². The number of carbonyl (C=O) groups is 1. The van der Waals surface area contributed by atoms with Gasteiger partial charge < -0.3 is 14.0 Å². The highest BCUT2D eigenvalue weighted by Gasteiger charge is 2.15. The summed E-state index contributed by atoms with van der Waals surface area (Å²) in [6.45, 7) is 2.52. The minimum absolute atomic E-state index is 0.335. The van der Waals surface area contributed by atoms with Crippen LogP contribution in [0, 0.1) is 0 Å². The summed E-state index contributed by atoms with van der Waals surface area (Å²) in [5.74, 6) is 0.500. The standard InChI is InChI=1S/C15H17ClN2O3S/c1-4-6-21-13-11(16)8-10(9-12(13)20-3)14(19)17-15-18(2)5-7-22-15/h5,7-9H,4,6H2,1-3H3. The number of rotatable bonds is 5. The summed E-state index contributed by atoms with van der Waals surface area (Å²) in [5.41, 5.74) is 0.360. The molecule has 1 heterocycles. The fourth-order valence-corrected chi connectivity index (χ4v) is 2.77. The number of benzene rings is 1. The van der Waals surface area contributed by atoms with E-state index in [2.05, 4.69) is 4.99 Å². The van der Waals surface area contributed by atoms with E-state index >= 15 is 0 Å². The Morgan fingerprint density at radius 1 is 1.45 bits per heavy atom. The molecule has 0 atom stereocenters. The number of thiazole rings is 1. The number of amides is 1. The van der Waals surface area contributed by atoms with Crippen molar-refractivity contribution in [3.63, 3.8) is 0 Å². The third kappa shape index (κ3) is 3.69. The van der Waals surface area contributed by atoms with Crippen LogP contribution < -0.4 is 14.3 Å². The minimum Gasteiger partial charge on any atom is -0.493 e. The SMILES string of the molecule is CCCOc1c(Cl)cc(C(=O)N=c2sccn2C)cc1OC. The predicted octanol–water partition coefficient (Wildman–Crippen LogP) is 3.28. The average Bonchev–Trinajstić information content (AvgIpc) is 2.90. The molecule has 0 N–H and O–H groups in total. The van der Waals surface area contributed by atoms with Gasteiger partial charge in [0, 0.05) is 24.2 Å². The van der Waals surface area contributed by atoms with Gasteiger partial charge in [-0.15, -0.1) is 11.3 Å². The number of halogens is 1. The van der Waals surface area contributed by atoms with E-state index in [4.69, 9.17) is 21.1 Å². The Balaban J connectivity index is 2.38. The highest BCUT2D eigenvalue weighted by Crippen LogP contribution is 2.36. The van der Waals surface area contributed by atoms with Crippen LogP contribution >= 0.6 is 22.9 Å². The number of nitrogens with zero attached hydrogens (tertiary/aromatic N) is 2. The second-order valence-corrected chi connectivity index (χ2v) is 5.83. The molecule has 1 aromatic heterocycles. The van der Waals surface area contributed by atoms with Crippen LogP contribution in [0.3, 0.4) is 0 Å². The number of hydrogen-bond acceptors (Lipinski definition) is 4. The fourth-order valence-electron chi connectivity index (χ4n) is 1.77. The molecule has 5 nitrogen and oxygen atoms in total. The van der Waals surface area contributed by atoms with Crippen LogP contribution in [0.15, 0.2) is 28.7 Å². The van der Waals surface area contributed by atoms with Crippen molar-refractivity contribution in [2.75, 3.05) is 13.7 Å². The third-order valence-corrected chi connectivity index (χ3v) is 4.01. The zero-order valence-corrected chi connectivity index (χ0v) is 14.2. The van der Waals surface area contributed by atoms with E-state index in [1.54, 1.807) is 16.7 Å². The van der Waals surface area contributed by atoms with Gasteiger partial charge in [0.05, 0.1) is 18.7 Å². The average molecular weight is 341 g/mol. The summed E-state index contributed by atoms with van der Waals surface area (Å²) in [6, 6.07) is 3.14. The Morgan fingerprint density at radius 2 is 2.23 bits per heavy atom. The van der Waals surface area contributed by atoms with Crippen molar-refractivity contribution in [2.24, 2.45) is 12.0 Å². The minimum atomic E-state index is -0.375. The van der Waals surface area contributed by atoms with Crippen LogP contribution in [0.2, 0.25) is 5.02 Å². The smallest absolute Gasteiger partial charge is 0.279 e. The number of aryl methyl sites for hydroxylation is 1. The normalized spacial score (nSPS) is 11.5. The molecule has 0 radical (unpaired) electrons. The quantitative estimate of drug-likeness (QED) is 0.839. The molecule has 0 unspecified atom stereocenters. The van der Waals surface area contributed by atoms with Gasteiger partial charge in [-0.25, -0.2) is 0 Å². The molecule has 0 spiro atoms. The first-order chi connectivity index (χ1) is 10.6. The molecule has 0 aliphatic heterocycles. The van der Waals surface area contributed by atoms with E-state index in [1.165, 1.54) is 18.4 Å². The van der Waals surface area contributed by atoms with Crippen LogP contribution in [0.5, 0.6) is 11.5 Å². The van der Waals surface area contributed by atoms with Crippen LogP contribution in [0.1, 0.15) is 23.7 Å². The molecule has 0 bridgehead atoms. The Morgan fingerprint density at radius 3 is 2.82 bits per heavy atom. The Hall–Kier alpha value is -1.79. The summed E-state index contributed by atoms with van der Waals surface area (Å²) in [6.07, 6.45) is 2.69. The maximum absolute atomic E-state index is 12.3. The van der Waals surface area contributed by atoms with Gasteiger partial charge in [0.25, 0.3) is 5.91 Å². The Kier molecular flexibility index (Phi) is 5.63. The van der Waals surface area contributed by atoms with E-state index in [0.717, 1.165) is 6.42 Å². The van der Waals surface area contributed by atoms with E-state index < -0.39 is 0 Å². The number of methoxy groups -OCH3 is 1. The van der Waals surface area contributed by atoms with E-state index in [0.29, 0.717) is 33.5 Å². The number of hydrogen-bond donors (Lipinski definition) is 0. The number of aromatic nitrogens is 1. The molecule has 2 rings (SSSR count). The molecule has 22 heavy (non-hydrogen) atoms. The summed E-state index contributed by atoms with van der Waals surface area (Å²) in [4.78, 5) is 17.0. The maximum atomic E-state index is 12.3. The van der Waals surface area contributed by atoms with Gasteiger partial charge >= 0.3 is 0 Å². The molecule has 7 heteroatoms. The topological polar surface area (TPSA) is 52.8 Å². The molecule has 0 saturated heterocycles. The van der Waals surface area contributed by atoms with Crippen LogP contribution in [0.4, 0.5) is 0 Å². The van der Waals surface area contributed by atoms with Crippen molar-refractivity contribution in [2.45, 2.75) is 13.3 Å². The van der Waals surface area contributed by atoms with Gasteiger partial charge in [0.1, 0.15) is 0 Å². The molecule has 0 aliphatic rings. The molecular formula is C15H17ClN2O3S. The molecule has 118 valence electrons. The summed E-state index contributed by atoms with van der Waals surface area (Å²) >= 11 is 7.59. The first-order valence-electron chi connectivity index (χ1n) is 6.76. The first kappa shape index (κ1) is 16.6. The monoisotopic (exact) mass is 340 g/mol. The predicted molar refractivity (Wildman–Crippen MR) is 87.0 cm³/mol. The van der Waals surface area contributed by atoms with Crippen molar-refractivity contribution in [3.05, 3.63) is 39.1 Å². The van der Waals surface area contributed by atoms with E-state index in [1.807, 2.05) is 25.5 Å². The lowest BCUT2D eigenvalue weighted by atomic mass is 10.2. The van der Waals surface area contributed by atoms with Gasteiger partial charge in [0.15, 0.2) is 16.3 Å². The van der Waals surface area contributed by atoms with Gasteiger partial charge in [-0.05, 0) is 18.6 Å². The van der Waals surface area contributed by atoms with Crippen molar-refractivity contribution in [1.29, 1.82) is 0 Å². The van der Waals surface area contributed by atoms with E-state index in [-0.39, 0.29) is 5.91 Å². The third-order valence-electron chi connectivity index (χ3n) is 2.88. The lowest BCUT2D eigenvalue weighted by molar-refractivity contribution is 0.0997. The maximum Gasteiger partial charge on any atom is 0.279 e. The van der Waals surface area contributed by atoms with Gasteiger partial charge in [0.2, 0.25) is 0 Å². The lowest BCUT2D eigenvalue weighted by Gasteiger charge is -2.12. The zero-order valence-electron chi connectivity index (χ0n) is 12.6. The van der Waals surface area contributed by atoms with Crippen molar-refractivity contribution >= 4 is 28.8 Å². The molecule has 1 aromatic carbocycles.